The molecular formula is C19H17F3N4O3S. The molecule has 1 atom stereocenters. The minimum absolute atomic E-state index is 0.0299. The van der Waals surface area contributed by atoms with Crippen LogP contribution in [0.25, 0.3) is 0 Å². The molecule has 3 heterocycles. The standard InChI is InChI=1S/C19H17F3N4O3S/c20-19(21,22)13-4-3-5-14(12-13)30(28,29)26-10-7-18(8-11-26)16(24-25-17(18)27)15-6-1-2-9-23-15/h1-6,9,12H,7-8,10-11H2,(H-,23,25,27,28,29). The second-order valence-corrected chi connectivity index (χ2v) is 9.07. The molecular weight excluding hydrogens is 421 g/mol. The van der Waals surface area contributed by atoms with Crippen molar-refractivity contribution in [2.75, 3.05) is 13.1 Å². The van der Waals surface area contributed by atoms with Crippen molar-refractivity contribution in [1.29, 1.82) is 0 Å². The van der Waals surface area contributed by atoms with E-state index >= 15 is 0 Å². The third-order valence-corrected chi connectivity index (χ3v) is 7.33. The van der Waals surface area contributed by atoms with E-state index in [-0.39, 0.29) is 31.8 Å². The molecule has 1 aromatic heterocycles. The van der Waals surface area contributed by atoms with Crippen molar-refractivity contribution < 1.29 is 26.7 Å². The number of piperidine rings is 1. The zero-order valence-corrected chi connectivity index (χ0v) is 16.4. The van der Waals surface area contributed by atoms with Crippen molar-refractivity contribution >= 4 is 22.0 Å². The normalized spacial score (nSPS) is 21.2. The van der Waals surface area contributed by atoms with Gasteiger partial charge in [-0.25, -0.2) is 5.43 Å². The molecule has 1 saturated heterocycles. The second-order valence-electron chi connectivity index (χ2n) is 7.13. The number of rotatable bonds is 3. The van der Waals surface area contributed by atoms with Crippen LogP contribution in [0.3, 0.4) is 0 Å². The van der Waals surface area contributed by atoms with Gasteiger partial charge in [0.25, 0.3) is 5.91 Å². The van der Waals surface area contributed by atoms with Crippen LogP contribution in [-0.2, 0) is 25.6 Å². The lowest BCUT2D eigenvalue weighted by Gasteiger charge is -2.38. The topological polar surface area (TPSA) is 97.7 Å². The van der Waals surface area contributed by atoms with E-state index in [0.717, 1.165) is 22.5 Å². The van der Waals surface area contributed by atoms with Gasteiger partial charge in [-0.2, -0.15) is 18.3 Å². The maximum absolute atomic E-state index is 13.0. The average molecular weight is 438 g/mol. The molecule has 7 nitrogen and oxygen atoms in total. The van der Waals surface area contributed by atoms with Crippen molar-refractivity contribution in [2.24, 2.45) is 10.5 Å². The highest BCUT2D eigenvalue weighted by atomic mass is 32.3. The van der Waals surface area contributed by atoms with Gasteiger partial charge in [0.05, 0.1) is 16.7 Å². The van der Waals surface area contributed by atoms with E-state index in [4.69, 9.17) is 0 Å². The Morgan fingerprint density at radius 2 is 1.87 bits per heavy atom. The summed E-state index contributed by atoms with van der Waals surface area (Å²) < 4.78 is 65.9. The molecule has 1 N–H and O–H groups in total. The quantitative estimate of drug-likeness (QED) is 0.745. The third kappa shape index (κ3) is 3.42. The molecule has 30 heavy (non-hydrogen) atoms. The van der Waals surface area contributed by atoms with Crippen LogP contribution in [0.5, 0.6) is 0 Å². The van der Waals surface area contributed by atoms with E-state index in [1.54, 1.807) is 24.4 Å². The van der Waals surface area contributed by atoms with Crippen LogP contribution in [0.2, 0.25) is 0 Å². The smallest absolute Gasteiger partial charge is 0.416 e. The number of hydrazone groups is 1. The Morgan fingerprint density at radius 1 is 1.13 bits per heavy atom. The molecule has 2 aromatic rings. The number of benzene rings is 1. The SMILES string of the molecule is O=C1NN=C(c2ccccn2)C12CCN([S+](=O)([O-])c1cccc(C(F)(F)F)c1)CC2. The minimum atomic E-state index is -4.65. The summed E-state index contributed by atoms with van der Waals surface area (Å²) in [5, 5.41) is 4.11. The Hall–Kier alpha value is -2.63. The molecule has 0 saturated carbocycles. The minimum Gasteiger partial charge on any atom is -0.593 e. The Bertz CT molecular complexity index is 1050. The van der Waals surface area contributed by atoms with Crippen LogP contribution in [0.4, 0.5) is 13.2 Å². The molecule has 1 unspecified atom stereocenters. The fraction of sp³-hybridized carbons (Fsp3) is 0.316. The maximum Gasteiger partial charge on any atom is 0.416 e. The summed E-state index contributed by atoms with van der Waals surface area (Å²) in [5.74, 6) is -0.334. The van der Waals surface area contributed by atoms with Gasteiger partial charge in [0.15, 0.2) is 15.3 Å². The molecule has 1 fully saturated rings. The van der Waals surface area contributed by atoms with Gasteiger partial charge in [-0.15, -0.1) is 4.31 Å². The van der Waals surface area contributed by atoms with Crippen molar-refractivity contribution in [3.05, 3.63) is 59.9 Å². The summed E-state index contributed by atoms with van der Waals surface area (Å²) in [6, 6.07) is 8.85. The number of nitrogens with zero attached hydrogens (tertiary/aromatic N) is 3. The largest absolute Gasteiger partial charge is 0.593 e. The number of hydrogen-bond acceptors (Lipinski definition) is 5. The molecule has 0 bridgehead atoms. The van der Waals surface area contributed by atoms with Gasteiger partial charge in [0, 0.05) is 25.4 Å². The maximum atomic E-state index is 13.0. The molecule has 0 aliphatic carbocycles. The van der Waals surface area contributed by atoms with Crippen LogP contribution in [0.1, 0.15) is 24.1 Å². The summed E-state index contributed by atoms with van der Waals surface area (Å²) in [6.07, 6.45) is -2.78. The van der Waals surface area contributed by atoms with Crippen LogP contribution in [0, 0.1) is 5.41 Å². The lowest BCUT2D eigenvalue weighted by atomic mass is 9.73. The second kappa shape index (κ2) is 7.25. The highest BCUT2D eigenvalue weighted by Crippen LogP contribution is 2.41. The van der Waals surface area contributed by atoms with E-state index in [1.165, 1.54) is 0 Å². The van der Waals surface area contributed by atoms with E-state index in [1.807, 2.05) is 0 Å². The van der Waals surface area contributed by atoms with Gasteiger partial charge in [0.2, 0.25) is 0 Å². The summed E-state index contributed by atoms with van der Waals surface area (Å²) >= 11 is 0. The van der Waals surface area contributed by atoms with Crippen molar-refractivity contribution in [3.8, 4) is 0 Å². The lowest BCUT2D eigenvalue weighted by molar-refractivity contribution is -0.137. The van der Waals surface area contributed by atoms with Gasteiger partial charge < -0.3 is 4.55 Å². The number of hydrogen-bond donors (Lipinski definition) is 1. The van der Waals surface area contributed by atoms with Crippen molar-refractivity contribution in [2.45, 2.75) is 23.9 Å². The fourth-order valence-electron chi connectivity index (χ4n) is 3.79. The number of halogens is 3. The molecule has 4 rings (SSSR count). The summed E-state index contributed by atoms with van der Waals surface area (Å²) in [6.45, 7) is -0.0598. The summed E-state index contributed by atoms with van der Waals surface area (Å²) in [4.78, 5) is 16.4. The number of alkyl halides is 3. The highest BCUT2D eigenvalue weighted by Gasteiger charge is 2.52. The van der Waals surface area contributed by atoms with E-state index in [0.29, 0.717) is 17.5 Å². The van der Waals surface area contributed by atoms with E-state index in [2.05, 4.69) is 15.5 Å². The monoisotopic (exact) mass is 438 g/mol. The molecule has 11 heteroatoms. The van der Waals surface area contributed by atoms with Crippen molar-refractivity contribution in [1.82, 2.24) is 14.7 Å². The van der Waals surface area contributed by atoms with Crippen LogP contribution < -0.4 is 5.43 Å². The predicted octanol–water partition coefficient (Wildman–Crippen LogP) is 2.62. The van der Waals surface area contributed by atoms with Gasteiger partial charge in [-0.05, 0) is 37.1 Å². The Labute approximate surface area is 171 Å². The lowest BCUT2D eigenvalue weighted by Crippen LogP contribution is -2.51. The molecule has 1 spiro atoms. The number of nitrogens with one attached hydrogen (secondary N) is 1. The zero-order chi connectivity index (χ0) is 21.6. The third-order valence-electron chi connectivity index (χ3n) is 5.44. The van der Waals surface area contributed by atoms with E-state index < -0.39 is 32.4 Å². The first-order chi connectivity index (χ1) is 14.1. The average Bonchev–Trinajstić information content (AvgIpc) is 3.04. The van der Waals surface area contributed by atoms with Crippen LogP contribution in [-0.4, -0.2) is 38.6 Å². The van der Waals surface area contributed by atoms with Gasteiger partial charge >= 0.3 is 6.18 Å². The molecule has 1 aromatic carbocycles. The molecule has 158 valence electrons. The van der Waals surface area contributed by atoms with Gasteiger partial charge in [-0.3, -0.25) is 9.78 Å². The Kier molecular flexibility index (Phi) is 4.99. The Balaban J connectivity index is 1.58. The fourth-order valence-corrected chi connectivity index (χ4v) is 5.28. The number of pyridine rings is 1. The van der Waals surface area contributed by atoms with E-state index in [9.17, 15) is 26.7 Å². The van der Waals surface area contributed by atoms with Crippen LogP contribution >= 0.6 is 0 Å². The number of carbonyl (C=O) groups is 1. The number of carbonyl (C=O) groups excluding carboxylic acids is 1. The molecule has 0 radical (unpaired) electrons. The first kappa shape index (κ1) is 20.6. The van der Waals surface area contributed by atoms with Crippen LogP contribution in [0.15, 0.2) is 58.7 Å². The summed E-state index contributed by atoms with van der Waals surface area (Å²) in [7, 11) is -4.14. The number of amides is 1. The number of sulfonamides is 1. The predicted molar refractivity (Wildman–Crippen MR) is 101 cm³/mol. The van der Waals surface area contributed by atoms with Gasteiger partial charge in [0.1, 0.15) is 5.71 Å². The molecule has 1 amide bonds. The van der Waals surface area contributed by atoms with Crippen molar-refractivity contribution in [3.63, 3.8) is 0 Å². The Morgan fingerprint density at radius 3 is 2.50 bits per heavy atom. The zero-order valence-electron chi connectivity index (χ0n) is 15.6. The summed E-state index contributed by atoms with van der Waals surface area (Å²) in [5.41, 5.74) is 1.37. The first-order valence-corrected chi connectivity index (χ1v) is 10.6. The highest BCUT2D eigenvalue weighted by molar-refractivity contribution is 7.95. The first-order valence-electron chi connectivity index (χ1n) is 9.12. The van der Waals surface area contributed by atoms with Gasteiger partial charge in [-0.1, -0.05) is 16.3 Å². The molecule has 2 aliphatic heterocycles. The molecule has 2 aliphatic rings. The number of aromatic nitrogens is 1.